The molecule has 1 aliphatic rings. The van der Waals surface area contributed by atoms with E-state index < -0.39 is 0 Å². The molecule has 2 unspecified atom stereocenters. The largest absolute Gasteiger partial charge is 0.377 e. The molecule has 0 spiro atoms. The highest BCUT2D eigenvalue weighted by Gasteiger charge is 2.24. The Bertz CT molecular complexity index is 369. The minimum absolute atomic E-state index is 0.390. The van der Waals surface area contributed by atoms with Gasteiger partial charge in [0, 0.05) is 12.6 Å². The minimum Gasteiger partial charge on any atom is -0.377 e. The topological polar surface area (TPSA) is 21.3 Å². The van der Waals surface area contributed by atoms with Crippen LogP contribution in [0.15, 0.2) is 18.2 Å². The quantitative estimate of drug-likeness (QED) is 0.863. The number of rotatable bonds is 4. The monoisotopic (exact) mass is 233 g/mol. The Morgan fingerprint density at radius 1 is 1.35 bits per heavy atom. The Morgan fingerprint density at radius 3 is 2.76 bits per heavy atom. The Kier molecular flexibility index (Phi) is 4.19. The summed E-state index contributed by atoms with van der Waals surface area (Å²) in [5.41, 5.74) is 4.15. The van der Waals surface area contributed by atoms with Crippen molar-refractivity contribution in [2.45, 2.75) is 45.3 Å². The van der Waals surface area contributed by atoms with Crippen LogP contribution in [0.4, 0.5) is 0 Å². The van der Waals surface area contributed by atoms with Crippen molar-refractivity contribution < 1.29 is 4.74 Å². The predicted molar refractivity (Wildman–Crippen MR) is 71.4 cm³/mol. The zero-order valence-corrected chi connectivity index (χ0v) is 11.1. The number of nitrogens with one attached hydrogen (secondary N) is 1. The molecule has 0 bridgehead atoms. The highest BCUT2D eigenvalue weighted by Crippen LogP contribution is 2.19. The molecule has 2 atom stereocenters. The lowest BCUT2D eigenvalue weighted by atomic mass is 9.97. The highest BCUT2D eigenvalue weighted by atomic mass is 16.5. The summed E-state index contributed by atoms with van der Waals surface area (Å²) in [6.45, 7) is 5.27. The highest BCUT2D eigenvalue weighted by molar-refractivity contribution is 5.30. The van der Waals surface area contributed by atoms with Gasteiger partial charge in [0.15, 0.2) is 0 Å². The van der Waals surface area contributed by atoms with E-state index in [1.54, 1.807) is 0 Å². The molecule has 0 aliphatic carbocycles. The van der Waals surface area contributed by atoms with Gasteiger partial charge in [-0.25, -0.2) is 0 Å². The van der Waals surface area contributed by atoms with Gasteiger partial charge in [-0.15, -0.1) is 0 Å². The zero-order chi connectivity index (χ0) is 12.3. The zero-order valence-electron chi connectivity index (χ0n) is 11.1. The van der Waals surface area contributed by atoms with E-state index in [0.717, 1.165) is 13.0 Å². The van der Waals surface area contributed by atoms with Crippen LogP contribution in [0.1, 0.15) is 29.5 Å². The molecule has 2 heteroatoms. The second kappa shape index (κ2) is 5.65. The van der Waals surface area contributed by atoms with E-state index in [1.807, 2.05) is 7.05 Å². The Hall–Kier alpha value is -0.860. The van der Waals surface area contributed by atoms with Gasteiger partial charge in [-0.05, 0) is 56.8 Å². The van der Waals surface area contributed by atoms with Gasteiger partial charge >= 0.3 is 0 Å². The third kappa shape index (κ3) is 3.08. The molecule has 1 aliphatic heterocycles. The van der Waals surface area contributed by atoms with Crippen LogP contribution in [0, 0.1) is 13.8 Å². The van der Waals surface area contributed by atoms with Crippen molar-refractivity contribution in [1.82, 2.24) is 5.32 Å². The van der Waals surface area contributed by atoms with Gasteiger partial charge in [0.1, 0.15) is 0 Å². The maximum atomic E-state index is 5.77. The SMILES string of the molecule is CNC(Cc1ccc(C)c(C)c1)C1CCCO1. The third-order valence-electron chi connectivity index (χ3n) is 3.81. The number of hydrogen-bond acceptors (Lipinski definition) is 2. The number of hydrogen-bond donors (Lipinski definition) is 1. The number of benzene rings is 1. The molecule has 0 amide bonds. The molecular weight excluding hydrogens is 210 g/mol. The molecule has 1 fully saturated rings. The average molecular weight is 233 g/mol. The van der Waals surface area contributed by atoms with E-state index in [-0.39, 0.29) is 0 Å². The van der Waals surface area contributed by atoms with E-state index in [2.05, 4.69) is 37.4 Å². The predicted octanol–water partition coefficient (Wildman–Crippen LogP) is 2.61. The standard InChI is InChI=1S/C15H23NO/c1-11-6-7-13(9-12(11)2)10-14(16-3)15-5-4-8-17-15/h6-7,9,14-16H,4-5,8,10H2,1-3H3. The molecule has 0 aromatic heterocycles. The molecule has 2 rings (SSSR count). The lowest BCUT2D eigenvalue weighted by molar-refractivity contribution is 0.0808. The summed E-state index contributed by atoms with van der Waals surface area (Å²) in [6.07, 6.45) is 3.84. The summed E-state index contributed by atoms with van der Waals surface area (Å²) in [5, 5.41) is 3.40. The van der Waals surface area contributed by atoms with Crippen LogP contribution in [0.2, 0.25) is 0 Å². The summed E-state index contributed by atoms with van der Waals surface area (Å²) >= 11 is 0. The fraction of sp³-hybridized carbons (Fsp3) is 0.600. The molecule has 2 nitrogen and oxygen atoms in total. The van der Waals surface area contributed by atoms with Gasteiger partial charge in [0.25, 0.3) is 0 Å². The number of likely N-dealkylation sites (N-methyl/N-ethyl adjacent to an activating group) is 1. The van der Waals surface area contributed by atoms with Crippen molar-refractivity contribution in [2.24, 2.45) is 0 Å². The average Bonchev–Trinajstić information content (AvgIpc) is 2.84. The van der Waals surface area contributed by atoms with Gasteiger partial charge in [0.2, 0.25) is 0 Å². The molecule has 1 heterocycles. The first-order chi connectivity index (χ1) is 8.20. The van der Waals surface area contributed by atoms with E-state index in [0.29, 0.717) is 12.1 Å². The summed E-state index contributed by atoms with van der Waals surface area (Å²) in [5.74, 6) is 0. The smallest absolute Gasteiger partial charge is 0.0732 e. The minimum atomic E-state index is 0.390. The van der Waals surface area contributed by atoms with E-state index in [4.69, 9.17) is 4.74 Å². The fourth-order valence-electron chi connectivity index (χ4n) is 2.52. The van der Waals surface area contributed by atoms with Crippen LogP contribution in [0.25, 0.3) is 0 Å². The first-order valence-electron chi connectivity index (χ1n) is 6.55. The van der Waals surface area contributed by atoms with Gasteiger partial charge < -0.3 is 10.1 Å². The molecule has 94 valence electrons. The van der Waals surface area contributed by atoms with Crippen molar-refractivity contribution in [3.8, 4) is 0 Å². The Morgan fingerprint density at radius 2 is 2.18 bits per heavy atom. The Balaban J connectivity index is 2.04. The summed E-state index contributed by atoms with van der Waals surface area (Å²) in [7, 11) is 2.04. The van der Waals surface area contributed by atoms with Crippen molar-refractivity contribution in [1.29, 1.82) is 0 Å². The number of ether oxygens (including phenoxy) is 1. The van der Waals surface area contributed by atoms with Crippen molar-refractivity contribution >= 4 is 0 Å². The first-order valence-corrected chi connectivity index (χ1v) is 6.55. The lowest BCUT2D eigenvalue weighted by Gasteiger charge is -2.22. The number of aryl methyl sites for hydroxylation is 2. The Labute approximate surface area is 104 Å². The molecular formula is C15H23NO. The molecule has 0 saturated carbocycles. The maximum Gasteiger partial charge on any atom is 0.0732 e. The summed E-state index contributed by atoms with van der Waals surface area (Å²) < 4.78 is 5.77. The van der Waals surface area contributed by atoms with Gasteiger partial charge in [-0.1, -0.05) is 18.2 Å². The van der Waals surface area contributed by atoms with Crippen molar-refractivity contribution in [2.75, 3.05) is 13.7 Å². The molecule has 1 aromatic carbocycles. The fourth-order valence-corrected chi connectivity index (χ4v) is 2.52. The van der Waals surface area contributed by atoms with Gasteiger partial charge in [-0.2, -0.15) is 0 Å². The molecule has 1 aromatic rings. The van der Waals surface area contributed by atoms with Crippen LogP contribution in [0.5, 0.6) is 0 Å². The maximum absolute atomic E-state index is 5.77. The molecule has 1 saturated heterocycles. The normalized spacial score (nSPS) is 21.7. The molecule has 1 N–H and O–H groups in total. The van der Waals surface area contributed by atoms with Crippen molar-refractivity contribution in [3.05, 3.63) is 34.9 Å². The van der Waals surface area contributed by atoms with E-state index in [1.165, 1.54) is 29.5 Å². The third-order valence-corrected chi connectivity index (χ3v) is 3.81. The van der Waals surface area contributed by atoms with Crippen LogP contribution in [-0.4, -0.2) is 25.8 Å². The summed E-state index contributed by atoms with van der Waals surface area (Å²) in [6, 6.07) is 7.20. The van der Waals surface area contributed by atoms with E-state index in [9.17, 15) is 0 Å². The first kappa shape index (κ1) is 12.6. The summed E-state index contributed by atoms with van der Waals surface area (Å²) in [4.78, 5) is 0. The second-order valence-corrected chi connectivity index (χ2v) is 5.07. The molecule has 0 radical (unpaired) electrons. The van der Waals surface area contributed by atoms with Crippen LogP contribution in [0.3, 0.4) is 0 Å². The van der Waals surface area contributed by atoms with Crippen LogP contribution >= 0.6 is 0 Å². The van der Waals surface area contributed by atoms with Gasteiger partial charge in [0.05, 0.1) is 6.10 Å². The second-order valence-electron chi connectivity index (χ2n) is 5.07. The lowest BCUT2D eigenvalue weighted by Crippen LogP contribution is -2.39. The van der Waals surface area contributed by atoms with Crippen molar-refractivity contribution in [3.63, 3.8) is 0 Å². The molecule has 17 heavy (non-hydrogen) atoms. The van der Waals surface area contributed by atoms with E-state index >= 15 is 0 Å². The van der Waals surface area contributed by atoms with Gasteiger partial charge in [-0.3, -0.25) is 0 Å². The van der Waals surface area contributed by atoms with Crippen LogP contribution < -0.4 is 5.32 Å². The van der Waals surface area contributed by atoms with Crippen LogP contribution in [-0.2, 0) is 11.2 Å².